The topological polar surface area (TPSA) is 39.7 Å². The Morgan fingerprint density at radius 2 is 2.31 bits per heavy atom. The van der Waals surface area contributed by atoms with Gasteiger partial charge in [-0.1, -0.05) is 6.07 Å². The van der Waals surface area contributed by atoms with Crippen molar-refractivity contribution in [1.82, 2.24) is 5.32 Å². The van der Waals surface area contributed by atoms with Crippen molar-refractivity contribution in [2.45, 2.75) is 6.10 Å². The van der Waals surface area contributed by atoms with Crippen molar-refractivity contribution in [3.05, 3.63) is 24.3 Å². The molecule has 0 bridgehead atoms. The molecule has 1 saturated heterocycles. The zero-order valence-corrected chi connectivity index (χ0v) is 9.75. The Labute approximate surface area is 99.5 Å². The maximum absolute atomic E-state index is 5.58. The third-order valence-corrected chi connectivity index (χ3v) is 2.47. The minimum atomic E-state index is -0.0151. The van der Waals surface area contributed by atoms with Crippen LogP contribution in [0.1, 0.15) is 0 Å². The molecule has 0 saturated carbocycles. The first-order chi connectivity index (χ1) is 7.78. The molecule has 1 aliphatic heterocycles. The van der Waals surface area contributed by atoms with Gasteiger partial charge in [0.1, 0.15) is 18.1 Å². The molecule has 0 radical (unpaired) electrons. The molecule has 2 rings (SSSR count). The van der Waals surface area contributed by atoms with Gasteiger partial charge >= 0.3 is 0 Å². The first-order valence-electron chi connectivity index (χ1n) is 4.99. The maximum Gasteiger partial charge on any atom is 0.257 e. The van der Waals surface area contributed by atoms with Gasteiger partial charge in [0, 0.05) is 6.07 Å². The normalized spacial score (nSPS) is 18.8. The highest BCUT2D eigenvalue weighted by molar-refractivity contribution is 7.80. The Morgan fingerprint density at radius 3 is 3.00 bits per heavy atom. The predicted molar refractivity (Wildman–Crippen MR) is 64.0 cm³/mol. The summed E-state index contributed by atoms with van der Waals surface area (Å²) in [6, 6.07) is 7.46. The van der Waals surface area contributed by atoms with Crippen LogP contribution in [0.25, 0.3) is 0 Å². The van der Waals surface area contributed by atoms with E-state index in [0.29, 0.717) is 18.3 Å². The Balaban J connectivity index is 1.87. The highest BCUT2D eigenvalue weighted by atomic mass is 32.1. The molecule has 0 spiro atoms. The van der Waals surface area contributed by atoms with E-state index in [1.54, 1.807) is 7.11 Å². The summed E-state index contributed by atoms with van der Waals surface area (Å²) in [5.74, 6) is 1.54. The Morgan fingerprint density at radius 1 is 1.50 bits per heavy atom. The van der Waals surface area contributed by atoms with Gasteiger partial charge in [-0.3, -0.25) is 0 Å². The van der Waals surface area contributed by atoms with E-state index in [0.717, 1.165) is 11.5 Å². The maximum atomic E-state index is 5.58. The second-order valence-electron chi connectivity index (χ2n) is 3.40. The smallest absolute Gasteiger partial charge is 0.257 e. The van der Waals surface area contributed by atoms with E-state index in [-0.39, 0.29) is 6.10 Å². The summed E-state index contributed by atoms with van der Waals surface area (Å²) in [6.07, 6.45) is -0.0151. The summed E-state index contributed by atoms with van der Waals surface area (Å²) in [6.45, 7) is 1.17. The molecule has 4 nitrogen and oxygen atoms in total. The Kier molecular flexibility index (Phi) is 3.46. The lowest BCUT2D eigenvalue weighted by atomic mass is 10.3. The van der Waals surface area contributed by atoms with E-state index in [1.165, 1.54) is 0 Å². The lowest BCUT2D eigenvalue weighted by molar-refractivity contribution is 0.150. The van der Waals surface area contributed by atoms with Crippen molar-refractivity contribution in [3.8, 4) is 11.5 Å². The molecule has 1 aliphatic rings. The van der Waals surface area contributed by atoms with Gasteiger partial charge in [-0.05, 0) is 24.4 Å². The molecule has 1 fully saturated rings. The molecule has 86 valence electrons. The van der Waals surface area contributed by atoms with Crippen LogP contribution in [0.15, 0.2) is 24.3 Å². The third-order valence-electron chi connectivity index (χ3n) is 2.22. The quantitative estimate of drug-likeness (QED) is 0.803. The second kappa shape index (κ2) is 5.03. The van der Waals surface area contributed by atoms with Gasteiger partial charge in [-0.2, -0.15) is 0 Å². The van der Waals surface area contributed by atoms with Gasteiger partial charge in [-0.25, -0.2) is 0 Å². The van der Waals surface area contributed by atoms with Crippen LogP contribution in [0.5, 0.6) is 11.5 Å². The molecular weight excluding hydrogens is 226 g/mol. The first-order valence-corrected chi connectivity index (χ1v) is 5.40. The lowest BCUT2D eigenvalue weighted by Gasteiger charge is -2.11. The van der Waals surface area contributed by atoms with Crippen molar-refractivity contribution >= 4 is 17.4 Å². The van der Waals surface area contributed by atoms with Crippen molar-refractivity contribution < 1.29 is 14.2 Å². The fraction of sp³-hybridized carbons (Fsp3) is 0.364. The van der Waals surface area contributed by atoms with Crippen LogP contribution >= 0.6 is 12.2 Å². The number of methoxy groups -OCH3 is 1. The molecule has 1 heterocycles. The number of nitrogens with one attached hydrogen (secondary N) is 1. The highest BCUT2D eigenvalue weighted by Crippen LogP contribution is 2.19. The number of benzene rings is 1. The lowest BCUT2D eigenvalue weighted by Crippen LogP contribution is -2.21. The molecular formula is C11H13NO3S. The predicted octanol–water partition coefficient (Wildman–Crippen LogP) is 1.35. The Hall–Kier alpha value is -1.49. The van der Waals surface area contributed by atoms with Crippen LogP contribution in [-0.4, -0.2) is 31.5 Å². The zero-order valence-electron chi connectivity index (χ0n) is 8.93. The molecule has 5 heteroatoms. The van der Waals surface area contributed by atoms with E-state index < -0.39 is 0 Å². The van der Waals surface area contributed by atoms with E-state index in [1.807, 2.05) is 24.3 Å². The average Bonchev–Trinajstić information content (AvgIpc) is 2.73. The standard InChI is InChI=1S/C11H13NO3S/c1-13-8-3-2-4-9(5-8)14-7-10-6-12-11(16)15-10/h2-5,10H,6-7H2,1H3,(H,12,16)/t10-/m0/s1. The number of hydrogen-bond donors (Lipinski definition) is 1. The van der Waals surface area contributed by atoms with Gasteiger partial charge in [0.25, 0.3) is 5.17 Å². The SMILES string of the molecule is COc1cccc(OC[C@@H]2CNC(=S)O2)c1. The van der Waals surface area contributed by atoms with Crippen molar-refractivity contribution in [2.24, 2.45) is 0 Å². The fourth-order valence-electron chi connectivity index (χ4n) is 1.40. The average molecular weight is 239 g/mol. The number of thiocarbonyl (C=S) groups is 1. The van der Waals surface area contributed by atoms with E-state index in [2.05, 4.69) is 5.32 Å². The molecule has 0 aliphatic carbocycles. The summed E-state index contributed by atoms with van der Waals surface area (Å²) in [5.41, 5.74) is 0. The fourth-order valence-corrected chi connectivity index (χ4v) is 1.62. The largest absolute Gasteiger partial charge is 0.497 e. The minimum absolute atomic E-state index is 0.0151. The van der Waals surface area contributed by atoms with Crippen LogP contribution < -0.4 is 14.8 Å². The monoisotopic (exact) mass is 239 g/mol. The van der Waals surface area contributed by atoms with Crippen LogP contribution in [0.3, 0.4) is 0 Å². The molecule has 0 amide bonds. The van der Waals surface area contributed by atoms with Crippen LogP contribution in [0.2, 0.25) is 0 Å². The summed E-state index contributed by atoms with van der Waals surface area (Å²) >= 11 is 4.86. The van der Waals surface area contributed by atoms with E-state index >= 15 is 0 Å². The summed E-state index contributed by atoms with van der Waals surface area (Å²) in [7, 11) is 1.63. The summed E-state index contributed by atoms with van der Waals surface area (Å²) < 4.78 is 16.0. The van der Waals surface area contributed by atoms with Crippen LogP contribution in [0, 0.1) is 0 Å². The number of rotatable bonds is 4. The van der Waals surface area contributed by atoms with Crippen LogP contribution in [-0.2, 0) is 4.74 Å². The van der Waals surface area contributed by atoms with E-state index in [9.17, 15) is 0 Å². The van der Waals surface area contributed by atoms with Crippen LogP contribution in [0.4, 0.5) is 0 Å². The minimum Gasteiger partial charge on any atom is -0.497 e. The van der Waals surface area contributed by atoms with Crippen molar-refractivity contribution in [1.29, 1.82) is 0 Å². The van der Waals surface area contributed by atoms with Gasteiger partial charge in [-0.15, -0.1) is 0 Å². The molecule has 1 N–H and O–H groups in total. The summed E-state index contributed by atoms with van der Waals surface area (Å²) in [4.78, 5) is 0. The Bertz CT molecular complexity index is 383. The van der Waals surface area contributed by atoms with E-state index in [4.69, 9.17) is 26.4 Å². The molecule has 0 unspecified atom stereocenters. The molecule has 1 aromatic rings. The number of ether oxygens (including phenoxy) is 3. The molecule has 16 heavy (non-hydrogen) atoms. The van der Waals surface area contributed by atoms with Crippen molar-refractivity contribution in [2.75, 3.05) is 20.3 Å². The molecule has 1 aromatic carbocycles. The van der Waals surface area contributed by atoms with Crippen molar-refractivity contribution in [3.63, 3.8) is 0 Å². The van der Waals surface area contributed by atoms with Gasteiger partial charge in [0.15, 0.2) is 6.10 Å². The second-order valence-corrected chi connectivity index (χ2v) is 3.77. The highest BCUT2D eigenvalue weighted by Gasteiger charge is 2.20. The zero-order chi connectivity index (χ0) is 11.4. The summed E-state index contributed by atoms with van der Waals surface area (Å²) in [5, 5.41) is 3.38. The first kappa shape index (κ1) is 11.0. The van der Waals surface area contributed by atoms with Gasteiger partial charge in [0.05, 0.1) is 13.7 Å². The van der Waals surface area contributed by atoms with Gasteiger partial charge < -0.3 is 19.5 Å². The molecule has 1 atom stereocenters. The third kappa shape index (κ3) is 2.76. The number of hydrogen-bond acceptors (Lipinski definition) is 4. The molecule has 0 aromatic heterocycles. The van der Waals surface area contributed by atoms with Gasteiger partial charge in [0.2, 0.25) is 0 Å².